The summed E-state index contributed by atoms with van der Waals surface area (Å²) in [6.07, 6.45) is 1.31. The van der Waals surface area contributed by atoms with Crippen LogP contribution in [0.15, 0.2) is 0 Å². The number of piperidine rings is 1. The molecule has 0 spiro atoms. The van der Waals surface area contributed by atoms with Gasteiger partial charge < -0.3 is 20.7 Å². The maximum Gasteiger partial charge on any atom is 0.407 e. The first-order valence-corrected chi connectivity index (χ1v) is 6.84. The van der Waals surface area contributed by atoms with Gasteiger partial charge in [-0.2, -0.15) is 0 Å². The lowest BCUT2D eigenvalue weighted by atomic mass is 9.97. The lowest BCUT2D eigenvalue weighted by Gasteiger charge is -2.22. The lowest BCUT2D eigenvalue weighted by Crippen LogP contribution is -2.42. The Morgan fingerprint density at radius 3 is 2.32 bits per heavy atom. The third-order valence-electron chi connectivity index (χ3n) is 2.80. The van der Waals surface area contributed by atoms with E-state index >= 15 is 0 Å². The Morgan fingerprint density at radius 1 is 1.16 bits per heavy atom. The minimum atomic E-state index is -0.498. The number of amides is 2. The lowest BCUT2D eigenvalue weighted by molar-refractivity contribution is -0.125. The summed E-state index contributed by atoms with van der Waals surface area (Å²) < 4.78 is 5.09. The van der Waals surface area contributed by atoms with Gasteiger partial charge in [-0.05, 0) is 46.7 Å². The van der Waals surface area contributed by atoms with Crippen molar-refractivity contribution in [3.63, 3.8) is 0 Å². The van der Waals surface area contributed by atoms with Crippen molar-refractivity contribution < 1.29 is 14.3 Å². The van der Waals surface area contributed by atoms with Gasteiger partial charge in [0.1, 0.15) is 5.60 Å². The van der Waals surface area contributed by atoms with E-state index in [1.807, 2.05) is 20.8 Å². The molecule has 0 bridgehead atoms. The van der Waals surface area contributed by atoms with Gasteiger partial charge in [0.2, 0.25) is 5.91 Å². The number of alkyl carbamates (subject to hydrolysis) is 1. The summed E-state index contributed by atoms with van der Waals surface area (Å²) in [5, 5.41) is 8.66. The minimum Gasteiger partial charge on any atom is -0.444 e. The van der Waals surface area contributed by atoms with Crippen LogP contribution in [0.2, 0.25) is 0 Å². The molecule has 1 heterocycles. The van der Waals surface area contributed by atoms with Crippen LogP contribution in [-0.4, -0.2) is 43.8 Å². The van der Waals surface area contributed by atoms with Crippen molar-refractivity contribution in [2.45, 2.75) is 39.2 Å². The second-order valence-corrected chi connectivity index (χ2v) is 5.74. The molecule has 1 aliphatic rings. The predicted molar refractivity (Wildman–Crippen MR) is 72.8 cm³/mol. The highest BCUT2D eigenvalue weighted by Crippen LogP contribution is 2.10. The van der Waals surface area contributed by atoms with Crippen LogP contribution in [0.1, 0.15) is 33.6 Å². The number of nitrogens with one attached hydrogen (secondary N) is 3. The van der Waals surface area contributed by atoms with Crippen molar-refractivity contribution in [3.8, 4) is 0 Å². The maximum atomic E-state index is 11.8. The first kappa shape index (κ1) is 15.8. The molecule has 0 aromatic rings. The van der Waals surface area contributed by atoms with Crippen LogP contribution in [0.4, 0.5) is 4.79 Å². The normalized spacial score (nSPS) is 16.8. The fraction of sp³-hybridized carbons (Fsp3) is 0.846. The van der Waals surface area contributed by atoms with E-state index in [4.69, 9.17) is 4.74 Å². The van der Waals surface area contributed by atoms with Crippen molar-refractivity contribution in [3.05, 3.63) is 0 Å². The SMILES string of the molecule is CC(C)(C)OC(=O)NCCNC(=O)C1CCNCC1. The zero-order valence-electron chi connectivity index (χ0n) is 12.0. The molecule has 0 aromatic carbocycles. The zero-order valence-corrected chi connectivity index (χ0v) is 12.0. The summed E-state index contributed by atoms with van der Waals surface area (Å²) in [5.41, 5.74) is -0.498. The van der Waals surface area contributed by atoms with Crippen LogP contribution < -0.4 is 16.0 Å². The number of carbonyl (C=O) groups excluding carboxylic acids is 2. The molecule has 0 radical (unpaired) electrons. The van der Waals surface area contributed by atoms with Gasteiger partial charge in [0, 0.05) is 19.0 Å². The van der Waals surface area contributed by atoms with Crippen LogP contribution in [0.5, 0.6) is 0 Å². The highest BCUT2D eigenvalue weighted by atomic mass is 16.6. The molecule has 110 valence electrons. The van der Waals surface area contributed by atoms with Gasteiger partial charge >= 0.3 is 6.09 Å². The first-order valence-electron chi connectivity index (χ1n) is 6.84. The second kappa shape index (κ2) is 7.33. The summed E-state index contributed by atoms with van der Waals surface area (Å²) in [7, 11) is 0. The fourth-order valence-electron chi connectivity index (χ4n) is 1.89. The van der Waals surface area contributed by atoms with Crippen molar-refractivity contribution >= 4 is 12.0 Å². The van der Waals surface area contributed by atoms with Crippen LogP contribution >= 0.6 is 0 Å². The zero-order chi connectivity index (χ0) is 14.3. The molecule has 0 aromatic heterocycles. The Bertz CT molecular complexity index is 307. The standard InChI is InChI=1S/C13H25N3O3/c1-13(2,3)19-12(18)16-9-8-15-11(17)10-4-6-14-7-5-10/h10,14H,4-9H2,1-3H3,(H,15,17)(H,16,18). The Hall–Kier alpha value is -1.30. The number of hydrogen-bond donors (Lipinski definition) is 3. The van der Waals surface area contributed by atoms with E-state index in [1.165, 1.54) is 0 Å². The first-order chi connectivity index (χ1) is 8.88. The van der Waals surface area contributed by atoms with Crippen molar-refractivity contribution in [1.29, 1.82) is 0 Å². The van der Waals surface area contributed by atoms with E-state index < -0.39 is 11.7 Å². The van der Waals surface area contributed by atoms with Gasteiger partial charge in [-0.25, -0.2) is 4.79 Å². The average molecular weight is 271 g/mol. The van der Waals surface area contributed by atoms with Gasteiger partial charge in [-0.15, -0.1) is 0 Å². The van der Waals surface area contributed by atoms with Crippen LogP contribution in [0.3, 0.4) is 0 Å². The Morgan fingerprint density at radius 2 is 1.74 bits per heavy atom. The molecular formula is C13H25N3O3. The number of rotatable bonds is 4. The predicted octanol–water partition coefficient (Wildman–Crippen LogP) is 0.627. The van der Waals surface area contributed by atoms with E-state index in [0.717, 1.165) is 25.9 Å². The van der Waals surface area contributed by atoms with Crippen LogP contribution in [0.25, 0.3) is 0 Å². The third-order valence-corrected chi connectivity index (χ3v) is 2.80. The van der Waals surface area contributed by atoms with Gasteiger partial charge in [0.15, 0.2) is 0 Å². The monoisotopic (exact) mass is 271 g/mol. The van der Waals surface area contributed by atoms with Gasteiger partial charge in [-0.3, -0.25) is 4.79 Å². The quantitative estimate of drug-likeness (QED) is 0.655. The van der Waals surface area contributed by atoms with Gasteiger partial charge in [-0.1, -0.05) is 0 Å². The molecule has 0 saturated carbocycles. The van der Waals surface area contributed by atoms with Crippen LogP contribution in [-0.2, 0) is 9.53 Å². The molecule has 0 unspecified atom stereocenters. The van der Waals surface area contributed by atoms with Gasteiger partial charge in [0.25, 0.3) is 0 Å². The largest absolute Gasteiger partial charge is 0.444 e. The van der Waals surface area contributed by atoms with Crippen molar-refractivity contribution in [2.24, 2.45) is 5.92 Å². The molecule has 19 heavy (non-hydrogen) atoms. The molecule has 0 atom stereocenters. The molecule has 1 saturated heterocycles. The number of hydrogen-bond acceptors (Lipinski definition) is 4. The van der Waals surface area contributed by atoms with Crippen molar-refractivity contribution in [2.75, 3.05) is 26.2 Å². The summed E-state index contributed by atoms with van der Waals surface area (Å²) in [5.74, 6) is 0.176. The van der Waals surface area contributed by atoms with E-state index in [-0.39, 0.29) is 11.8 Å². The number of carbonyl (C=O) groups is 2. The summed E-state index contributed by atoms with van der Waals surface area (Å²) in [6, 6.07) is 0. The Kier molecular flexibility index (Phi) is 6.08. The number of ether oxygens (including phenoxy) is 1. The molecule has 3 N–H and O–H groups in total. The average Bonchev–Trinajstić information content (AvgIpc) is 2.33. The van der Waals surface area contributed by atoms with E-state index in [1.54, 1.807) is 0 Å². The third kappa shape index (κ3) is 7.00. The molecule has 1 fully saturated rings. The Labute approximate surface area is 114 Å². The minimum absolute atomic E-state index is 0.0764. The summed E-state index contributed by atoms with van der Waals surface area (Å²) in [4.78, 5) is 23.1. The molecule has 1 rings (SSSR count). The molecule has 6 nitrogen and oxygen atoms in total. The summed E-state index contributed by atoms with van der Waals surface area (Å²) in [6.45, 7) is 8.04. The topological polar surface area (TPSA) is 79.5 Å². The smallest absolute Gasteiger partial charge is 0.407 e. The van der Waals surface area contributed by atoms with Crippen molar-refractivity contribution in [1.82, 2.24) is 16.0 Å². The van der Waals surface area contributed by atoms with E-state index in [9.17, 15) is 9.59 Å². The molecule has 0 aliphatic carbocycles. The molecule has 2 amide bonds. The fourth-order valence-corrected chi connectivity index (χ4v) is 1.89. The maximum absolute atomic E-state index is 11.8. The highest BCUT2D eigenvalue weighted by Gasteiger charge is 2.20. The van der Waals surface area contributed by atoms with E-state index in [0.29, 0.717) is 13.1 Å². The second-order valence-electron chi connectivity index (χ2n) is 5.74. The van der Waals surface area contributed by atoms with Gasteiger partial charge in [0.05, 0.1) is 0 Å². The van der Waals surface area contributed by atoms with Crippen LogP contribution in [0, 0.1) is 5.92 Å². The molecule has 6 heteroatoms. The molecule has 1 aliphatic heterocycles. The highest BCUT2D eigenvalue weighted by molar-refractivity contribution is 5.78. The Balaban J connectivity index is 2.10. The summed E-state index contributed by atoms with van der Waals surface area (Å²) >= 11 is 0. The van der Waals surface area contributed by atoms with E-state index in [2.05, 4.69) is 16.0 Å². The molecular weight excluding hydrogens is 246 g/mol.